The number of hydrogen-bond donors (Lipinski definition) is 3. The third-order valence-electron chi connectivity index (χ3n) is 4.33. The zero-order valence-electron chi connectivity index (χ0n) is 16.9. The van der Waals surface area contributed by atoms with Crippen LogP contribution in [0.2, 0.25) is 0 Å². The van der Waals surface area contributed by atoms with Crippen molar-refractivity contribution in [1.29, 1.82) is 0 Å². The lowest BCUT2D eigenvalue weighted by Crippen LogP contribution is -2.17. The van der Waals surface area contributed by atoms with Crippen molar-refractivity contribution in [2.24, 2.45) is 10.5 Å². The molecule has 1 amide bonds. The number of amides is 1. The summed E-state index contributed by atoms with van der Waals surface area (Å²) in [6, 6.07) is 11.1. The number of carbonyl (C=O) groups excluding carboxylic acids is 1. The molecule has 0 saturated carbocycles. The van der Waals surface area contributed by atoms with Crippen LogP contribution in [-0.2, 0) is 0 Å². The second kappa shape index (κ2) is 7.80. The molecule has 0 fully saturated rings. The number of nitrogens with zero attached hydrogens (tertiary/aromatic N) is 3. The van der Waals surface area contributed by atoms with Crippen LogP contribution in [0.4, 0.5) is 17.2 Å². The lowest BCUT2D eigenvalue weighted by Gasteiger charge is -2.13. The molecule has 2 aromatic rings. The number of allylic oxidation sites excluding steroid dienone is 1. The molecule has 0 atom stereocenters. The fourth-order valence-corrected chi connectivity index (χ4v) is 2.67. The minimum atomic E-state index is -0.110. The molecule has 0 spiro atoms. The summed E-state index contributed by atoms with van der Waals surface area (Å²) in [6.45, 7) is 6.43. The van der Waals surface area contributed by atoms with Crippen LogP contribution in [0.5, 0.6) is 0 Å². The molecule has 1 aromatic carbocycles. The maximum atomic E-state index is 11.6. The van der Waals surface area contributed by atoms with Crippen LogP contribution in [0.1, 0.15) is 31.1 Å². The highest BCUT2D eigenvalue weighted by Crippen LogP contribution is 2.33. The Morgan fingerprint density at radius 2 is 1.75 bits per heavy atom. The molecule has 1 radical (unpaired) electrons. The van der Waals surface area contributed by atoms with Gasteiger partial charge in [-0.3, -0.25) is 4.79 Å². The standard InChI is InChI=1S/C21H26N6O/c1-21(2,3)17-13-19(27(5)26-17)25-16-10-11-23-18(12-16)24-15-8-6-14(7-9-15)20(28)22-4/h6-13H,1-5H3,(H,22,28)(H2,23,24,25)/q+1. The number of benzene rings is 1. The molecular weight excluding hydrogens is 352 g/mol. The summed E-state index contributed by atoms with van der Waals surface area (Å²) in [5.41, 5.74) is 3.39. The Kier molecular flexibility index (Phi) is 5.44. The third-order valence-corrected chi connectivity index (χ3v) is 4.33. The lowest BCUT2D eigenvalue weighted by molar-refractivity contribution is -0.533. The Morgan fingerprint density at radius 1 is 1.04 bits per heavy atom. The summed E-state index contributed by atoms with van der Waals surface area (Å²) in [4.78, 5) is 16.0. The van der Waals surface area contributed by atoms with Crippen LogP contribution in [0, 0.1) is 11.6 Å². The molecule has 145 valence electrons. The van der Waals surface area contributed by atoms with Gasteiger partial charge in [0.15, 0.2) is 7.05 Å². The second-order valence-electron chi connectivity index (χ2n) is 7.62. The van der Waals surface area contributed by atoms with Crippen molar-refractivity contribution >= 4 is 23.1 Å². The molecule has 28 heavy (non-hydrogen) atoms. The van der Waals surface area contributed by atoms with Gasteiger partial charge in [0.1, 0.15) is 11.5 Å². The number of rotatable bonds is 5. The van der Waals surface area contributed by atoms with E-state index in [2.05, 4.69) is 52.9 Å². The molecule has 1 aliphatic heterocycles. The first-order valence-electron chi connectivity index (χ1n) is 9.13. The Bertz CT molecular complexity index is 925. The largest absolute Gasteiger partial charge is 0.373 e. The quantitative estimate of drug-likeness (QED) is 0.684. The Balaban J connectivity index is 1.70. The monoisotopic (exact) mass is 378 g/mol. The summed E-state index contributed by atoms with van der Waals surface area (Å²) >= 11 is 0. The van der Waals surface area contributed by atoms with Crippen LogP contribution in [0.15, 0.2) is 59.5 Å². The zero-order valence-corrected chi connectivity index (χ0v) is 16.9. The highest BCUT2D eigenvalue weighted by Gasteiger charge is 2.33. The average Bonchev–Trinajstić information content (AvgIpc) is 3.03. The van der Waals surface area contributed by atoms with Gasteiger partial charge in [-0.2, -0.15) is 0 Å². The molecule has 7 heteroatoms. The number of carbonyl (C=O) groups is 1. The summed E-state index contributed by atoms with van der Waals surface area (Å²) in [6.07, 6.45) is 4.72. The van der Waals surface area contributed by atoms with Gasteiger partial charge in [0.05, 0.1) is 0 Å². The highest BCUT2D eigenvalue weighted by molar-refractivity contribution is 5.94. The lowest BCUT2D eigenvalue weighted by atomic mass is 9.92. The van der Waals surface area contributed by atoms with E-state index in [0.29, 0.717) is 11.4 Å². The minimum Gasteiger partial charge on any atom is -0.355 e. The Morgan fingerprint density at radius 3 is 2.36 bits per heavy atom. The van der Waals surface area contributed by atoms with E-state index >= 15 is 0 Å². The van der Waals surface area contributed by atoms with E-state index in [9.17, 15) is 4.79 Å². The van der Waals surface area contributed by atoms with E-state index in [4.69, 9.17) is 0 Å². The van der Waals surface area contributed by atoms with E-state index in [1.54, 1.807) is 25.4 Å². The van der Waals surface area contributed by atoms with Crippen molar-refractivity contribution in [3.63, 3.8) is 0 Å². The van der Waals surface area contributed by atoms with Crippen molar-refractivity contribution in [1.82, 2.24) is 10.3 Å². The normalized spacial score (nSPS) is 14.3. The minimum absolute atomic E-state index is 0.0104. The SMILES string of the molecule is CNC(=O)c1ccc(Nc2cc(N[C]3C=C(C(C)(C)C)N=[N+]3C)ccn2)cc1. The Labute approximate surface area is 165 Å². The highest BCUT2D eigenvalue weighted by atomic mass is 16.1. The van der Waals surface area contributed by atoms with Gasteiger partial charge in [0.25, 0.3) is 5.91 Å². The predicted octanol–water partition coefficient (Wildman–Crippen LogP) is 4.12. The van der Waals surface area contributed by atoms with Crippen molar-refractivity contribution in [3.8, 4) is 0 Å². The summed E-state index contributed by atoms with van der Waals surface area (Å²) in [5, 5.41) is 13.8. The van der Waals surface area contributed by atoms with E-state index < -0.39 is 0 Å². The third kappa shape index (κ3) is 4.54. The molecule has 2 heterocycles. The van der Waals surface area contributed by atoms with Crippen LogP contribution in [-0.4, -0.2) is 29.7 Å². The maximum Gasteiger partial charge on any atom is 0.373 e. The summed E-state index contributed by atoms with van der Waals surface area (Å²) in [7, 11) is 3.54. The first-order valence-corrected chi connectivity index (χ1v) is 9.13. The molecule has 3 rings (SSSR count). The van der Waals surface area contributed by atoms with Gasteiger partial charge >= 0.3 is 6.17 Å². The van der Waals surface area contributed by atoms with Gasteiger partial charge in [0, 0.05) is 47.7 Å². The number of azo groups is 2. The number of hydrogen-bond acceptors (Lipinski definition) is 5. The zero-order chi connectivity index (χ0) is 20.3. The number of nitrogens with one attached hydrogen (secondary N) is 3. The number of likely N-dealkylation sites (N-methyl/N-ethyl adjacent to an activating group) is 1. The first kappa shape index (κ1) is 19.5. The van der Waals surface area contributed by atoms with Gasteiger partial charge in [-0.05, 0) is 35.4 Å². The molecule has 0 saturated heterocycles. The van der Waals surface area contributed by atoms with Gasteiger partial charge in [-0.1, -0.05) is 25.5 Å². The van der Waals surface area contributed by atoms with Crippen molar-refractivity contribution in [2.45, 2.75) is 20.8 Å². The van der Waals surface area contributed by atoms with Crippen molar-refractivity contribution in [3.05, 3.63) is 66.1 Å². The van der Waals surface area contributed by atoms with Crippen LogP contribution < -0.4 is 16.0 Å². The second-order valence-corrected chi connectivity index (χ2v) is 7.62. The number of aromatic nitrogens is 1. The van der Waals surface area contributed by atoms with E-state index in [0.717, 1.165) is 23.2 Å². The molecule has 0 aliphatic carbocycles. The molecule has 7 nitrogen and oxygen atoms in total. The molecular formula is C21H26N6O+. The molecule has 1 aliphatic rings. The van der Waals surface area contributed by atoms with Gasteiger partial charge in [-0.25, -0.2) is 4.98 Å². The topological polar surface area (TPSA) is 81.4 Å². The molecule has 0 unspecified atom stereocenters. The van der Waals surface area contributed by atoms with Crippen LogP contribution in [0.3, 0.4) is 0 Å². The number of pyridine rings is 1. The fourth-order valence-electron chi connectivity index (χ4n) is 2.67. The van der Waals surface area contributed by atoms with E-state index in [1.807, 2.05) is 36.0 Å². The van der Waals surface area contributed by atoms with Gasteiger partial charge in [0.2, 0.25) is 0 Å². The van der Waals surface area contributed by atoms with Crippen LogP contribution in [0.25, 0.3) is 0 Å². The average molecular weight is 378 g/mol. The summed E-state index contributed by atoms with van der Waals surface area (Å²) in [5.74, 6) is 0.595. The smallest absolute Gasteiger partial charge is 0.355 e. The van der Waals surface area contributed by atoms with E-state index in [-0.39, 0.29) is 11.3 Å². The molecule has 1 aromatic heterocycles. The molecule has 3 N–H and O–H groups in total. The van der Waals surface area contributed by atoms with Crippen LogP contribution >= 0.6 is 0 Å². The van der Waals surface area contributed by atoms with Crippen molar-refractivity contribution in [2.75, 3.05) is 24.7 Å². The maximum absolute atomic E-state index is 11.6. The van der Waals surface area contributed by atoms with E-state index in [1.165, 1.54) is 0 Å². The van der Waals surface area contributed by atoms with Gasteiger partial charge < -0.3 is 16.0 Å². The summed E-state index contributed by atoms with van der Waals surface area (Å²) < 4.78 is 1.84. The number of anilines is 3. The first-order chi connectivity index (χ1) is 13.3. The predicted molar refractivity (Wildman–Crippen MR) is 110 cm³/mol. The van der Waals surface area contributed by atoms with Gasteiger partial charge in [-0.15, -0.1) is 0 Å². The molecule has 0 bridgehead atoms. The van der Waals surface area contributed by atoms with Crippen molar-refractivity contribution < 1.29 is 9.49 Å². The Hall–Kier alpha value is -3.22. The fraction of sp³-hybridized carbons (Fsp3) is 0.286.